The first-order chi connectivity index (χ1) is 9.95. The molecule has 5 nitrogen and oxygen atoms in total. The lowest BCUT2D eigenvalue weighted by Gasteiger charge is -2.23. The van der Waals surface area contributed by atoms with E-state index in [1.165, 1.54) is 0 Å². The average molecular weight is 286 g/mol. The van der Waals surface area contributed by atoms with E-state index in [1.54, 1.807) is 7.11 Å². The number of ether oxygens (including phenoxy) is 1. The van der Waals surface area contributed by atoms with Gasteiger partial charge in [0.1, 0.15) is 23.2 Å². The van der Waals surface area contributed by atoms with Crippen molar-refractivity contribution in [3.05, 3.63) is 35.7 Å². The van der Waals surface area contributed by atoms with Crippen molar-refractivity contribution in [1.29, 1.82) is 0 Å². The van der Waals surface area contributed by atoms with Crippen LogP contribution in [-0.4, -0.2) is 24.1 Å². The lowest BCUT2D eigenvalue weighted by Crippen LogP contribution is -2.17. The number of aromatic nitrogens is 2. The second-order valence-corrected chi connectivity index (χ2v) is 5.30. The highest BCUT2D eigenvalue weighted by atomic mass is 16.5. The zero-order valence-electron chi connectivity index (χ0n) is 13.2. The van der Waals surface area contributed by atoms with Crippen LogP contribution in [0.15, 0.2) is 24.3 Å². The van der Waals surface area contributed by atoms with Gasteiger partial charge in [-0.25, -0.2) is 9.97 Å². The van der Waals surface area contributed by atoms with Crippen LogP contribution in [0.25, 0.3) is 0 Å². The van der Waals surface area contributed by atoms with Crippen molar-refractivity contribution in [2.45, 2.75) is 26.7 Å². The van der Waals surface area contributed by atoms with E-state index in [0.717, 1.165) is 28.6 Å². The molecule has 0 spiro atoms. The van der Waals surface area contributed by atoms with Crippen molar-refractivity contribution in [1.82, 2.24) is 9.97 Å². The molecule has 0 amide bonds. The fourth-order valence-corrected chi connectivity index (χ4v) is 2.14. The Kier molecular flexibility index (Phi) is 4.31. The van der Waals surface area contributed by atoms with Gasteiger partial charge in [0, 0.05) is 18.5 Å². The van der Waals surface area contributed by atoms with E-state index < -0.39 is 0 Å². The quantitative estimate of drug-likeness (QED) is 0.934. The number of nitrogens with zero attached hydrogens (tertiary/aromatic N) is 3. The minimum absolute atomic E-state index is 0.220. The number of anilines is 3. The molecule has 0 atom stereocenters. The number of methoxy groups -OCH3 is 1. The van der Waals surface area contributed by atoms with Gasteiger partial charge in [-0.05, 0) is 19.1 Å². The molecule has 0 saturated heterocycles. The molecule has 0 radical (unpaired) electrons. The summed E-state index contributed by atoms with van der Waals surface area (Å²) in [6.45, 7) is 6.04. The van der Waals surface area contributed by atoms with Gasteiger partial charge < -0.3 is 15.4 Å². The van der Waals surface area contributed by atoms with Crippen LogP contribution < -0.4 is 15.4 Å². The Morgan fingerprint density at radius 1 is 1.19 bits per heavy atom. The molecule has 0 fully saturated rings. The number of nitrogens with two attached hydrogens (primary N) is 1. The van der Waals surface area contributed by atoms with Gasteiger partial charge in [0.15, 0.2) is 0 Å². The van der Waals surface area contributed by atoms with E-state index in [4.69, 9.17) is 10.5 Å². The van der Waals surface area contributed by atoms with E-state index in [2.05, 4.69) is 23.8 Å². The van der Waals surface area contributed by atoms with Gasteiger partial charge in [0.25, 0.3) is 0 Å². The predicted molar refractivity (Wildman–Crippen MR) is 86.3 cm³/mol. The Bertz CT molecular complexity index is 640. The molecule has 112 valence electrons. The average Bonchev–Trinajstić information content (AvgIpc) is 2.48. The van der Waals surface area contributed by atoms with Gasteiger partial charge in [0.2, 0.25) is 0 Å². The van der Waals surface area contributed by atoms with Gasteiger partial charge in [-0.15, -0.1) is 0 Å². The molecule has 2 rings (SSSR count). The van der Waals surface area contributed by atoms with Crippen molar-refractivity contribution in [2.24, 2.45) is 0 Å². The Morgan fingerprint density at radius 2 is 1.86 bits per heavy atom. The molecular weight excluding hydrogens is 264 g/mol. The third kappa shape index (κ3) is 2.91. The van der Waals surface area contributed by atoms with Crippen molar-refractivity contribution >= 4 is 17.3 Å². The van der Waals surface area contributed by atoms with Gasteiger partial charge >= 0.3 is 0 Å². The van der Waals surface area contributed by atoms with Crippen LogP contribution >= 0.6 is 0 Å². The summed E-state index contributed by atoms with van der Waals surface area (Å²) < 4.78 is 5.42. The van der Waals surface area contributed by atoms with E-state index in [-0.39, 0.29) is 5.92 Å². The Labute approximate surface area is 125 Å². The van der Waals surface area contributed by atoms with E-state index in [9.17, 15) is 0 Å². The molecule has 2 aromatic rings. The van der Waals surface area contributed by atoms with E-state index >= 15 is 0 Å². The number of nitrogen functional groups attached to an aromatic ring is 1. The Balaban J connectivity index is 2.55. The van der Waals surface area contributed by atoms with Gasteiger partial charge in [0.05, 0.1) is 12.8 Å². The summed E-state index contributed by atoms with van der Waals surface area (Å²) in [5.74, 6) is 3.08. The first kappa shape index (κ1) is 15.1. The Hall–Kier alpha value is -2.30. The van der Waals surface area contributed by atoms with E-state index in [1.807, 2.05) is 43.1 Å². The first-order valence-corrected chi connectivity index (χ1v) is 6.96. The minimum atomic E-state index is 0.220. The fourth-order valence-electron chi connectivity index (χ4n) is 2.14. The van der Waals surface area contributed by atoms with Crippen molar-refractivity contribution in [2.75, 3.05) is 24.8 Å². The zero-order valence-corrected chi connectivity index (χ0v) is 13.2. The minimum Gasteiger partial charge on any atom is -0.495 e. The maximum Gasteiger partial charge on any atom is 0.142 e. The van der Waals surface area contributed by atoms with Crippen molar-refractivity contribution < 1.29 is 4.74 Å². The highest BCUT2D eigenvalue weighted by Gasteiger charge is 2.17. The van der Waals surface area contributed by atoms with Crippen LogP contribution in [-0.2, 0) is 0 Å². The SMILES string of the molecule is COc1ccccc1N(C)c1nc(C(C)C)nc(N)c1C. The fraction of sp³-hybridized carbons (Fsp3) is 0.375. The van der Waals surface area contributed by atoms with E-state index in [0.29, 0.717) is 5.82 Å². The van der Waals surface area contributed by atoms with Crippen LogP contribution in [0.4, 0.5) is 17.3 Å². The highest BCUT2D eigenvalue weighted by molar-refractivity contribution is 5.70. The van der Waals surface area contributed by atoms with Crippen molar-refractivity contribution in [3.8, 4) is 5.75 Å². The second kappa shape index (κ2) is 5.99. The van der Waals surface area contributed by atoms with Crippen LogP contribution in [0, 0.1) is 6.92 Å². The molecule has 0 aliphatic heterocycles. The largest absolute Gasteiger partial charge is 0.495 e. The molecule has 1 heterocycles. The van der Waals surface area contributed by atoms with Gasteiger partial charge in [-0.3, -0.25) is 0 Å². The second-order valence-electron chi connectivity index (χ2n) is 5.30. The summed E-state index contributed by atoms with van der Waals surface area (Å²) in [4.78, 5) is 11.0. The maximum atomic E-state index is 6.04. The number of para-hydroxylation sites is 2. The molecule has 0 aliphatic carbocycles. The van der Waals surface area contributed by atoms with Crippen LogP contribution in [0.3, 0.4) is 0 Å². The summed E-state index contributed by atoms with van der Waals surface area (Å²) in [7, 11) is 3.62. The zero-order chi connectivity index (χ0) is 15.6. The summed E-state index contributed by atoms with van der Waals surface area (Å²) in [6.07, 6.45) is 0. The van der Waals surface area contributed by atoms with Crippen LogP contribution in [0.5, 0.6) is 5.75 Å². The lowest BCUT2D eigenvalue weighted by molar-refractivity contribution is 0.415. The molecule has 0 bridgehead atoms. The molecule has 5 heteroatoms. The summed E-state index contributed by atoms with van der Waals surface area (Å²) >= 11 is 0. The maximum absolute atomic E-state index is 6.04. The summed E-state index contributed by atoms with van der Waals surface area (Å²) in [6, 6.07) is 7.83. The van der Waals surface area contributed by atoms with Gasteiger partial charge in [-0.1, -0.05) is 26.0 Å². The molecule has 0 saturated carbocycles. The topological polar surface area (TPSA) is 64.3 Å². The smallest absolute Gasteiger partial charge is 0.142 e. The molecule has 0 aliphatic rings. The van der Waals surface area contributed by atoms with Crippen molar-refractivity contribution in [3.63, 3.8) is 0 Å². The normalized spacial score (nSPS) is 10.8. The molecule has 1 aromatic carbocycles. The molecule has 21 heavy (non-hydrogen) atoms. The summed E-state index contributed by atoms with van der Waals surface area (Å²) in [5, 5.41) is 0. The summed E-state index contributed by atoms with van der Waals surface area (Å²) in [5.41, 5.74) is 7.85. The molecule has 0 unspecified atom stereocenters. The molecule has 1 aromatic heterocycles. The first-order valence-electron chi connectivity index (χ1n) is 6.96. The van der Waals surface area contributed by atoms with Crippen LogP contribution in [0.2, 0.25) is 0 Å². The standard InChI is InChI=1S/C16H22N4O/c1-10(2)15-18-14(17)11(3)16(19-15)20(4)12-8-6-7-9-13(12)21-5/h6-10H,1-5H3,(H2,17,18,19). The number of benzene rings is 1. The Morgan fingerprint density at radius 3 is 2.48 bits per heavy atom. The highest BCUT2D eigenvalue weighted by Crippen LogP contribution is 2.34. The monoisotopic (exact) mass is 286 g/mol. The molecular formula is C16H22N4O. The predicted octanol–water partition coefficient (Wildman–Crippen LogP) is 3.27. The molecule has 2 N–H and O–H groups in total. The van der Waals surface area contributed by atoms with Crippen LogP contribution in [0.1, 0.15) is 31.2 Å². The number of hydrogen-bond acceptors (Lipinski definition) is 5. The number of hydrogen-bond donors (Lipinski definition) is 1. The van der Waals surface area contributed by atoms with Gasteiger partial charge in [-0.2, -0.15) is 0 Å². The number of rotatable bonds is 4. The lowest BCUT2D eigenvalue weighted by atomic mass is 10.2. The third-order valence-electron chi connectivity index (χ3n) is 3.46. The third-order valence-corrected chi connectivity index (χ3v) is 3.46.